The van der Waals surface area contributed by atoms with E-state index in [1.54, 1.807) is 6.92 Å². The Hall–Kier alpha value is -0.510. The molecule has 0 bridgehead atoms. The van der Waals surface area contributed by atoms with Crippen molar-refractivity contribution in [3.63, 3.8) is 0 Å². The lowest BCUT2D eigenvalue weighted by Gasteiger charge is -2.35. The predicted molar refractivity (Wildman–Crippen MR) is 65.2 cm³/mol. The molecule has 0 radical (unpaired) electrons. The molecular weight excluding hydrogens is 224 g/mol. The quantitative estimate of drug-likeness (QED) is 0.716. The highest BCUT2D eigenvalue weighted by Gasteiger charge is 2.34. The van der Waals surface area contributed by atoms with Crippen molar-refractivity contribution in [2.45, 2.75) is 39.5 Å². The highest BCUT2D eigenvalue weighted by Crippen LogP contribution is 2.41. The molecular formula is C12H20O3S. The summed E-state index contributed by atoms with van der Waals surface area (Å²) in [6.45, 7) is 3.81. The van der Waals surface area contributed by atoms with E-state index in [4.69, 9.17) is 4.74 Å². The normalized spacial score (nSPS) is 29.8. The van der Waals surface area contributed by atoms with E-state index in [0.717, 1.165) is 31.4 Å². The number of carbonyl (C=O) groups is 2. The van der Waals surface area contributed by atoms with Gasteiger partial charge in [-0.25, -0.2) is 0 Å². The number of hydrogen-bond acceptors (Lipinski definition) is 4. The van der Waals surface area contributed by atoms with Crippen LogP contribution < -0.4 is 0 Å². The van der Waals surface area contributed by atoms with Gasteiger partial charge < -0.3 is 4.74 Å². The van der Waals surface area contributed by atoms with Gasteiger partial charge in [-0.05, 0) is 31.1 Å². The van der Waals surface area contributed by atoms with Crippen LogP contribution in [0.25, 0.3) is 0 Å². The van der Waals surface area contributed by atoms with Crippen LogP contribution in [-0.2, 0) is 14.3 Å². The summed E-state index contributed by atoms with van der Waals surface area (Å²) in [6, 6.07) is 0. The zero-order chi connectivity index (χ0) is 12.2. The van der Waals surface area contributed by atoms with Crippen LogP contribution >= 0.6 is 11.8 Å². The monoisotopic (exact) mass is 244 g/mol. The van der Waals surface area contributed by atoms with Gasteiger partial charge >= 0.3 is 5.97 Å². The summed E-state index contributed by atoms with van der Waals surface area (Å²) in [5.74, 6) is 0.859. The topological polar surface area (TPSA) is 43.4 Å². The summed E-state index contributed by atoms with van der Waals surface area (Å²) in [5.41, 5.74) is 0.209. The number of hydrogen-bond donors (Lipinski definition) is 0. The van der Waals surface area contributed by atoms with E-state index in [-0.39, 0.29) is 22.4 Å². The van der Waals surface area contributed by atoms with E-state index in [1.165, 1.54) is 18.9 Å². The van der Waals surface area contributed by atoms with Crippen molar-refractivity contribution in [1.82, 2.24) is 0 Å². The Morgan fingerprint density at radius 1 is 1.38 bits per heavy atom. The van der Waals surface area contributed by atoms with Gasteiger partial charge in [0.15, 0.2) is 5.12 Å². The first-order valence-corrected chi connectivity index (χ1v) is 6.66. The molecule has 92 valence electrons. The Labute approximate surface area is 101 Å². The van der Waals surface area contributed by atoms with Crippen LogP contribution in [0.5, 0.6) is 0 Å². The molecule has 1 saturated carbocycles. The molecule has 1 aliphatic carbocycles. The maximum Gasteiger partial charge on any atom is 0.308 e. The molecule has 0 atom stereocenters. The van der Waals surface area contributed by atoms with Crippen LogP contribution in [-0.4, -0.2) is 23.9 Å². The van der Waals surface area contributed by atoms with E-state index in [0.29, 0.717) is 0 Å². The van der Waals surface area contributed by atoms with Gasteiger partial charge in [0.05, 0.1) is 13.0 Å². The first kappa shape index (κ1) is 13.6. The third-order valence-electron chi connectivity index (χ3n) is 3.35. The van der Waals surface area contributed by atoms with Gasteiger partial charge in [-0.15, -0.1) is 0 Å². The molecule has 0 amide bonds. The van der Waals surface area contributed by atoms with Crippen LogP contribution in [0.1, 0.15) is 39.5 Å². The van der Waals surface area contributed by atoms with E-state index in [1.807, 2.05) is 0 Å². The molecule has 0 aromatic carbocycles. The molecule has 0 N–H and O–H groups in total. The fraction of sp³-hybridized carbons (Fsp3) is 0.833. The van der Waals surface area contributed by atoms with E-state index < -0.39 is 0 Å². The highest BCUT2D eigenvalue weighted by molar-refractivity contribution is 8.13. The summed E-state index contributed by atoms with van der Waals surface area (Å²) in [4.78, 5) is 22.3. The largest absolute Gasteiger partial charge is 0.469 e. The average Bonchev–Trinajstić information content (AvgIpc) is 2.27. The second-order valence-electron chi connectivity index (χ2n) is 4.89. The fourth-order valence-electron chi connectivity index (χ4n) is 2.14. The van der Waals surface area contributed by atoms with Gasteiger partial charge in [-0.3, -0.25) is 9.59 Å². The summed E-state index contributed by atoms with van der Waals surface area (Å²) in [7, 11) is 1.45. The lowest BCUT2D eigenvalue weighted by Crippen LogP contribution is -2.30. The van der Waals surface area contributed by atoms with Gasteiger partial charge in [0.25, 0.3) is 0 Å². The van der Waals surface area contributed by atoms with Crippen LogP contribution in [0.2, 0.25) is 0 Å². The first-order valence-electron chi connectivity index (χ1n) is 5.68. The molecule has 1 fully saturated rings. The summed E-state index contributed by atoms with van der Waals surface area (Å²) in [5, 5.41) is 0.177. The van der Waals surface area contributed by atoms with Crippen molar-refractivity contribution < 1.29 is 14.3 Å². The molecule has 0 aromatic rings. The second-order valence-corrected chi connectivity index (χ2v) is 6.04. The van der Waals surface area contributed by atoms with Gasteiger partial charge in [-0.2, -0.15) is 0 Å². The Balaban J connectivity index is 2.40. The van der Waals surface area contributed by atoms with E-state index in [2.05, 4.69) is 6.92 Å². The van der Waals surface area contributed by atoms with Crippen molar-refractivity contribution in [2.75, 3.05) is 12.9 Å². The van der Waals surface area contributed by atoms with Crippen molar-refractivity contribution >= 4 is 22.8 Å². The molecule has 1 rings (SSSR count). The van der Waals surface area contributed by atoms with E-state index >= 15 is 0 Å². The molecule has 16 heavy (non-hydrogen) atoms. The standard InChI is InChI=1S/C12H20O3S/c1-9(13)16-8-12(2)6-4-10(5-7-12)11(14)15-3/h10H,4-8H2,1-3H3. The number of rotatable bonds is 3. The second kappa shape index (κ2) is 5.71. The summed E-state index contributed by atoms with van der Waals surface area (Å²) < 4.78 is 4.76. The number of esters is 1. The van der Waals surface area contributed by atoms with Crippen molar-refractivity contribution in [2.24, 2.45) is 11.3 Å². The van der Waals surface area contributed by atoms with Crippen LogP contribution in [0.4, 0.5) is 0 Å². The number of thioether (sulfide) groups is 1. The predicted octanol–water partition coefficient (Wildman–Crippen LogP) is 2.64. The minimum Gasteiger partial charge on any atom is -0.469 e. The van der Waals surface area contributed by atoms with Gasteiger partial charge in [0.1, 0.15) is 0 Å². The fourth-order valence-corrected chi connectivity index (χ4v) is 2.98. The van der Waals surface area contributed by atoms with Crippen molar-refractivity contribution in [1.29, 1.82) is 0 Å². The maximum absolute atomic E-state index is 11.4. The van der Waals surface area contributed by atoms with Crippen molar-refractivity contribution in [3.8, 4) is 0 Å². The molecule has 3 nitrogen and oxygen atoms in total. The Bertz CT molecular complexity index is 267. The number of methoxy groups -OCH3 is 1. The third kappa shape index (κ3) is 3.81. The molecule has 0 unspecified atom stereocenters. The maximum atomic E-state index is 11.4. The number of carbonyl (C=O) groups excluding carboxylic acids is 2. The Morgan fingerprint density at radius 2 is 1.94 bits per heavy atom. The highest BCUT2D eigenvalue weighted by atomic mass is 32.2. The zero-order valence-electron chi connectivity index (χ0n) is 10.2. The lowest BCUT2D eigenvalue weighted by molar-refractivity contribution is -0.147. The molecule has 0 aromatic heterocycles. The Morgan fingerprint density at radius 3 is 2.38 bits per heavy atom. The Kier molecular flexibility index (Phi) is 4.84. The molecule has 0 saturated heterocycles. The molecule has 0 spiro atoms. The van der Waals surface area contributed by atoms with Crippen molar-refractivity contribution in [3.05, 3.63) is 0 Å². The SMILES string of the molecule is COC(=O)C1CCC(C)(CSC(C)=O)CC1. The smallest absolute Gasteiger partial charge is 0.308 e. The average molecular weight is 244 g/mol. The van der Waals surface area contributed by atoms with Crippen LogP contribution in [0.3, 0.4) is 0 Å². The number of ether oxygens (including phenoxy) is 1. The zero-order valence-corrected chi connectivity index (χ0v) is 11.1. The summed E-state index contributed by atoms with van der Waals surface area (Å²) >= 11 is 1.40. The minimum atomic E-state index is -0.0822. The minimum absolute atomic E-state index is 0.0698. The molecule has 1 aliphatic rings. The molecule has 0 aliphatic heterocycles. The van der Waals surface area contributed by atoms with Gasteiger partial charge in [-0.1, -0.05) is 18.7 Å². The third-order valence-corrected chi connectivity index (χ3v) is 4.60. The first-order chi connectivity index (χ1) is 7.47. The van der Waals surface area contributed by atoms with Crippen LogP contribution in [0, 0.1) is 11.3 Å². The van der Waals surface area contributed by atoms with Crippen LogP contribution in [0.15, 0.2) is 0 Å². The van der Waals surface area contributed by atoms with Gasteiger partial charge in [0.2, 0.25) is 0 Å². The molecule has 4 heteroatoms. The summed E-state index contributed by atoms with van der Waals surface area (Å²) in [6.07, 6.45) is 3.80. The molecule has 0 heterocycles. The lowest BCUT2D eigenvalue weighted by atomic mass is 9.73. The van der Waals surface area contributed by atoms with E-state index in [9.17, 15) is 9.59 Å². The van der Waals surface area contributed by atoms with Gasteiger partial charge in [0, 0.05) is 12.7 Å².